The number of fused-ring (bicyclic) bond motifs is 1. The highest BCUT2D eigenvalue weighted by molar-refractivity contribution is 7.22. The largest absolute Gasteiger partial charge is 0.462 e. The van der Waals surface area contributed by atoms with E-state index < -0.39 is 0 Å². The third kappa shape index (κ3) is 3.08. The zero-order valence-electron chi connectivity index (χ0n) is 13.5. The van der Waals surface area contributed by atoms with Crippen LogP contribution in [0, 0.1) is 0 Å². The van der Waals surface area contributed by atoms with E-state index >= 15 is 0 Å². The molecule has 1 aromatic carbocycles. The zero-order valence-corrected chi connectivity index (χ0v) is 14.4. The van der Waals surface area contributed by atoms with E-state index in [0.29, 0.717) is 30.8 Å². The van der Waals surface area contributed by atoms with Gasteiger partial charge in [-0.25, -0.2) is 9.78 Å². The first-order valence-electron chi connectivity index (χ1n) is 7.87. The van der Waals surface area contributed by atoms with E-state index in [9.17, 15) is 9.59 Å². The number of Topliss-reactive ketones (excluding diaryl/α,β-unsaturated/α-hetero) is 1. The van der Waals surface area contributed by atoms with E-state index in [2.05, 4.69) is 23.7 Å². The van der Waals surface area contributed by atoms with Gasteiger partial charge in [0, 0.05) is 24.9 Å². The topological polar surface area (TPSA) is 59.5 Å². The summed E-state index contributed by atoms with van der Waals surface area (Å²) in [6.07, 6.45) is 1.13. The summed E-state index contributed by atoms with van der Waals surface area (Å²) in [4.78, 5) is 30.5. The van der Waals surface area contributed by atoms with Crippen LogP contribution < -0.4 is 4.90 Å². The van der Waals surface area contributed by atoms with Crippen molar-refractivity contribution in [3.05, 3.63) is 23.8 Å². The zero-order chi connectivity index (χ0) is 16.6. The molecule has 23 heavy (non-hydrogen) atoms. The van der Waals surface area contributed by atoms with Gasteiger partial charge in [-0.15, -0.1) is 0 Å². The van der Waals surface area contributed by atoms with Crippen molar-refractivity contribution in [3.63, 3.8) is 0 Å². The van der Waals surface area contributed by atoms with E-state index in [1.54, 1.807) is 24.3 Å². The minimum absolute atomic E-state index is 0.149. The molecule has 0 saturated carbocycles. The third-order valence-electron chi connectivity index (χ3n) is 4.11. The molecule has 0 unspecified atom stereocenters. The number of thiazole rings is 1. The van der Waals surface area contributed by atoms with Crippen LogP contribution in [-0.4, -0.2) is 35.4 Å². The predicted molar refractivity (Wildman–Crippen MR) is 91.2 cm³/mol. The fraction of sp³-hybridized carbons (Fsp3) is 0.471. The first-order valence-corrected chi connectivity index (χ1v) is 8.69. The number of hydrogen-bond acceptors (Lipinski definition) is 6. The number of nitrogens with zero attached hydrogens (tertiary/aromatic N) is 2. The quantitative estimate of drug-likeness (QED) is 0.806. The first-order chi connectivity index (χ1) is 11.0. The van der Waals surface area contributed by atoms with Crippen molar-refractivity contribution in [2.24, 2.45) is 0 Å². The number of esters is 1. The molecule has 1 aliphatic rings. The fourth-order valence-electron chi connectivity index (χ4n) is 3.11. The van der Waals surface area contributed by atoms with Gasteiger partial charge in [0.05, 0.1) is 22.4 Å². The Kier molecular flexibility index (Phi) is 4.35. The van der Waals surface area contributed by atoms with Crippen LogP contribution in [0.25, 0.3) is 10.2 Å². The van der Waals surface area contributed by atoms with Gasteiger partial charge in [0.15, 0.2) is 5.13 Å². The average Bonchev–Trinajstić information content (AvgIpc) is 2.88. The summed E-state index contributed by atoms with van der Waals surface area (Å²) in [7, 11) is 0. The molecule has 0 amide bonds. The van der Waals surface area contributed by atoms with E-state index in [1.807, 2.05) is 12.1 Å². The monoisotopic (exact) mass is 332 g/mol. The number of benzene rings is 1. The standard InChI is InChI=1S/C17H20N2O3S/c1-4-22-16(21)12-5-6-14-15(9-12)23-17(18-14)19-10(2)7-13(20)8-11(19)3/h5-6,9-11H,4,7-8H2,1-3H3/t10-,11+. The molecular formula is C17H20N2O3S. The van der Waals surface area contributed by atoms with Gasteiger partial charge in [-0.3, -0.25) is 4.79 Å². The second kappa shape index (κ2) is 6.28. The minimum atomic E-state index is -0.311. The van der Waals surface area contributed by atoms with Crippen molar-refractivity contribution in [3.8, 4) is 0 Å². The van der Waals surface area contributed by atoms with Crippen molar-refractivity contribution in [2.75, 3.05) is 11.5 Å². The molecule has 0 aliphatic carbocycles. The van der Waals surface area contributed by atoms with Crippen molar-refractivity contribution >= 4 is 38.4 Å². The van der Waals surface area contributed by atoms with Gasteiger partial charge >= 0.3 is 5.97 Å². The summed E-state index contributed by atoms with van der Waals surface area (Å²) >= 11 is 1.56. The van der Waals surface area contributed by atoms with Gasteiger partial charge in [0.2, 0.25) is 0 Å². The first kappa shape index (κ1) is 15.9. The number of rotatable bonds is 3. The molecule has 1 saturated heterocycles. The highest BCUT2D eigenvalue weighted by atomic mass is 32.1. The van der Waals surface area contributed by atoms with Crippen LogP contribution in [0.2, 0.25) is 0 Å². The second-order valence-corrected chi connectivity index (χ2v) is 6.96. The van der Waals surface area contributed by atoms with Gasteiger partial charge < -0.3 is 9.64 Å². The van der Waals surface area contributed by atoms with Crippen LogP contribution in [0.15, 0.2) is 18.2 Å². The molecule has 5 nitrogen and oxygen atoms in total. The predicted octanol–water partition coefficient (Wildman–Crippen LogP) is 3.42. The summed E-state index contributed by atoms with van der Waals surface area (Å²) in [5, 5.41) is 0.911. The number of aromatic nitrogens is 1. The van der Waals surface area contributed by atoms with Crippen molar-refractivity contribution < 1.29 is 14.3 Å². The summed E-state index contributed by atoms with van der Waals surface area (Å²) in [6.45, 7) is 6.27. The molecule has 0 radical (unpaired) electrons. The highest BCUT2D eigenvalue weighted by Gasteiger charge is 2.31. The van der Waals surface area contributed by atoms with Gasteiger partial charge in [-0.1, -0.05) is 11.3 Å². The van der Waals surface area contributed by atoms with Crippen LogP contribution in [0.3, 0.4) is 0 Å². The van der Waals surface area contributed by atoms with Gasteiger partial charge in [0.25, 0.3) is 0 Å². The summed E-state index contributed by atoms with van der Waals surface area (Å²) < 4.78 is 6.00. The Hall–Kier alpha value is -1.95. The lowest BCUT2D eigenvalue weighted by Gasteiger charge is -2.38. The Morgan fingerprint density at radius 2 is 2.04 bits per heavy atom. The van der Waals surface area contributed by atoms with Crippen LogP contribution in [-0.2, 0) is 9.53 Å². The number of carbonyl (C=O) groups excluding carboxylic acids is 2. The average molecular weight is 332 g/mol. The lowest BCUT2D eigenvalue weighted by atomic mass is 9.97. The lowest BCUT2D eigenvalue weighted by molar-refractivity contribution is -0.120. The van der Waals surface area contributed by atoms with Crippen molar-refractivity contribution in [1.29, 1.82) is 0 Å². The van der Waals surface area contributed by atoms with E-state index in [1.165, 1.54) is 0 Å². The van der Waals surface area contributed by atoms with Gasteiger partial charge in [-0.2, -0.15) is 0 Å². The van der Waals surface area contributed by atoms with Crippen molar-refractivity contribution in [2.45, 2.75) is 45.7 Å². The molecular weight excluding hydrogens is 312 g/mol. The van der Waals surface area contributed by atoms with E-state index in [-0.39, 0.29) is 18.1 Å². The molecule has 0 N–H and O–H groups in total. The highest BCUT2D eigenvalue weighted by Crippen LogP contribution is 2.34. The van der Waals surface area contributed by atoms with E-state index in [4.69, 9.17) is 4.74 Å². The summed E-state index contributed by atoms with van der Waals surface area (Å²) in [5.41, 5.74) is 1.42. The van der Waals surface area contributed by atoms with Crippen LogP contribution >= 0.6 is 11.3 Å². The van der Waals surface area contributed by atoms with Crippen molar-refractivity contribution in [1.82, 2.24) is 4.98 Å². The smallest absolute Gasteiger partial charge is 0.338 e. The van der Waals surface area contributed by atoms with Crippen LogP contribution in [0.4, 0.5) is 5.13 Å². The molecule has 3 rings (SSSR count). The summed E-state index contributed by atoms with van der Waals surface area (Å²) in [5.74, 6) is 0.00149. The molecule has 1 aromatic heterocycles. The summed E-state index contributed by atoms with van der Waals surface area (Å²) in [6, 6.07) is 5.73. The number of ketones is 1. The van der Waals surface area contributed by atoms with Crippen LogP contribution in [0.5, 0.6) is 0 Å². The molecule has 2 aromatic rings. The molecule has 1 aliphatic heterocycles. The van der Waals surface area contributed by atoms with Gasteiger partial charge in [0.1, 0.15) is 5.78 Å². The Morgan fingerprint density at radius 1 is 1.35 bits per heavy atom. The third-order valence-corrected chi connectivity index (χ3v) is 5.14. The molecule has 2 heterocycles. The fourth-order valence-corrected chi connectivity index (χ4v) is 4.32. The Balaban J connectivity index is 1.93. The number of piperidine rings is 1. The maximum Gasteiger partial charge on any atom is 0.338 e. The van der Waals surface area contributed by atoms with Gasteiger partial charge in [-0.05, 0) is 39.0 Å². The minimum Gasteiger partial charge on any atom is -0.462 e. The molecule has 1 fully saturated rings. The maximum atomic E-state index is 11.9. The maximum absolute atomic E-state index is 11.9. The molecule has 2 atom stereocenters. The number of hydrogen-bond donors (Lipinski definition) is 0. The number of ether oxygens (including phenoxy) is 1. The SMILES string of the molecule is CCOC(=O)c1ccc2nc(N3[C@H](C)CC(=O)C[C@@H]3C)sc2c1. The molecule has 0 bridgehead atoms. The number of anilines is 1. The number of carbonyl (C=O) groups is 2. The molecule has 0 spiro atoms. The second-order valence-electron chi connectivity index (χ2n) is 5.95. The Labute approximate surface area is 139 Å². The Bertz CT molecular complexity index is 741. The Morgan fingerprint density at radius 3 is 2.70 bits per heavy atom. The molecule has 122 valence electrons. The van der Waals surface area contributed by atoms with E-state index in [0.717, 1.165) is 15.3 Å². The van der Waals surface area contributed by atoms with Crippen LogP contribution in [0.1, 0.15) is 44.0 Å². The molecule has 6 heteroatoms. The lowest BCUT2D eigenvalue weighted by Crippen LogP contribution is -2.47. The normalized spacial score (nSPS) is 21.7.